The van der Waals surface area contributed by atoms with Crippen molar-refractivity contribution in [3.05, 3.63) is 6.26 Å². The molecular weight excluding hydrogens is 118 g/mol. The van der Waals surface area contributed by atoms with Crippen molar-refractivity contribution in [3.63, 3.8) is 0 Å². The van der Waals surface area contributed by atoms with E-state index < -0.39 is 0 Å². The first-order valence-corrected chi connectivity index (χ1v) is 3.01. The smallest absolute Gasteiger partial charge is 0.169 e. The number of rotatable bonds is 2. The van der Waals surface area contributed by atoms with Crippen LogP contribution in [-0.4, -0.2) is 18.7 Å². The maximum atomic E-state index is 9.63. The molecule has 0 aliphatic carbocycles. The maximum Gasteiger partial charge on any atom is 0.169 e. The van der Waals surface area contributed by atoms with Gasteiger partial charge in [0.25, 0.3) is 0 Å². The molecule has 0 amide bonds. The Morgan fingerprint density at radius 1 is 1.78 bits per heavy atom. The third-order valence-corrected chi connectivity index (χ3v) is 1.30. The molecule has 0 spiro atoms. The van der Waals surface area contributed by atoms with Gasteiger partial charge in [0.2, 0.25) is 0 Å². The predicted octanol–water partition coefficient (Wildman–Crippen LogP) is 0.0578. The molecule has 1 saturated heterocycles. The summed E-state index contributed by atoms with van der Waals surface area (Å²) >= 11 is 0. The van der Waals surface area contributed by atoms with E-state index in [9.17, 15) is 4.79 Å². The summed E-state index contributed by atoms with van der Waals surface area (Å²) in [4.78, 5) is 9.63. The molecule has 1 fully saturated rings. The molecule has 0 radical (unpaired) electrons. The zero-order valence-electron chi connectivity index (χ0n) is 5.09. The lowest BCUT2D eigenvalue weighted by atomic mass is 10.4. The lowest BCUT2D eigenvalue weighted by Gasteiger charge is -2.06. The molecule has 1 unspecified atom stereocenters. The van der Waals surface area contributed by atoms with Gasteiger partial charge in [0, 0.05) is 0 Å². The first-order chi connectivity index (χ1) is 4.43. The lowest BCUT2D eigenvalue weighted by molar-refractivity contribution is 0.133. The fourth-order valence-corrected chi connectivity index (χ4v) is 0.879. The molecule has 1 heterocycles. The van der Waals surface area contributed by atoms with Gasteiger partial charge in [-0.3, -0.25) is 5.32 Å². The van der Waals surface area contributed by atoms with E-state index in [0.29, 0.717) is 0 Å². The molecule has 3 heteroatoms. The predicted molar refractivity (Wildman–Crippen MR) is 32.4 cm³/mol. The van der Waals surface area contributed by atoms with Crippen molar-refractivity contribution in [3.8, 4) is 0 Å². The molecule has 1 atom stereocenters. The van der Waals surface area contributed by atoms with E-state index in [4.69, 9.17) is 4.74 Å². The van der Waals surface area contributed by atoms with Crippen LogP contribution in [0, 0.1) is 0 Å². The maximum absolute atomic E-state index is 9.63. The van der Waals surface area contributed by atoms with Gasteiger partial charge in [-0.05, 0) is 19.4 Å². The summed E-state index contributed by atoms with van der Waals surface area (Å²) in [6.45, 7) is 0.983. The van der Waals surface area contributed by atoms with Crippen LogP contribution in [0.5, 0.6) is 0 Å². The first-order valence-electron chi connectivity index (χ1n) is 3.01. The van der Waals surface area contributed by atoms with Crippen LogP contribution < -0.4 is 5.32 Å². The summed E-state index contributed by atoms with van der Waals surface area (Å²) in [5.41, 5.74) is 0. The van der Waals surface area contributed by atoms with E-state index in [1.54, 1.807) is 5.94 Å². The quantitative estimate of drug-likeness (QED) is 0.421. The van der Waals surface area contributed by atoms with Gasteiger partial charge < -0.3 is 4.74 Å². The van der Waals surface area contributed by atoms with Crippen LogP contribution in [0.1, 0.15) is 12.8 Å². The minimum Gasteiger partial charge on any atom is -0.471 e. The molecular formula is C6H9NO2. The van der Waals surface area contributed by atoms with Crippen LogP contribution in [0.2, 0.25) is 0 Å². The molecule has 1 aliphatic rings. The number of hydrogen-bond donors (Lipinski definition) is 1. The standard InChI is InChI=1S/C6H9NO2/c8-4-5-9-6-2-1-3-7-6/h5-7H,1-3H2. The van der Waals surface area contributed by atoms with Crippen molar-refractivity contribution in [1.29, 1.82) is 0 Å². The van der Waals surface area contributed by atoms with E-state index in [1.807, 2.05) is 0 Å². The minimum absolute atomic E-state index is 0.0476. The molecule has 1 N–H and O–H groups in total. The lowest BCUT2D eigenvalue weighted by Crippen LogP contribution is -2.22. The highest BCUT2D eigenvalue weighted by Gasteiger charge is 2.12. The van der Waals surface area contributed by atoms with E-state index in [2.05, 4.69) is 5.32 Å². The number of nitrogens with one attached hydrogen (secondary N) is 1. The van der Waals surface area contributed by atoms with E-state index in [1.165, 1.54) is 0 Å². The third kappa shape index (κ3) is 1.88. The summed E-state index contributed by atoms with van der Waals surface area (Å²) in [6, 6.07) is 0. The third-order valence-electron chi connectivity index (χ3n) is 1.30. The zero-order chi connectivity index (χ0) is 6.53. The normalized spacial score (nSPS) is 25.1. The molecule has 1 aliphatic heterocycles. The van der Waals surface area contributed by atoms with Crippen LogP contribution in [0.25, 0.3) is 0 Å². The molecule has 0 aromatic carbocycles. The van der Waals surface area contributed by atoms with Gasteiger partial charge in [0.1, 0.15) is 6.23 Å². The van der Waals surface area contributed by atoms with Crippen molar-refractivity contribution >= 4 is 5.94 Å². The second-order valence-electron chi connectivity index (χ2n) is 1.96. The Morgan fingerprint density at radius 2 is 2.67 bits per heavy atom. The summed E-state index contributed by atoms with van der Waals surface area (Å²) in [5.74, 6) is 1.56. The minimum atomic E-state index is 0.0476. The largest absolute Gasteiger partial charge is 0.471 e. The van der Waals surface area contributed by atoms with Gasteiger partial charge in [-0.1, -0.05) is 0 Å². The van der Waals surface area contributed by atoms with Gasteiger partial charge in [-0.25, -0.2) is 4.79 Å². The molecule has 50 valence electrons. The van der Waals surface area contributed by atoms with Crippen LogP contribution >= 0.6 is 0 Å². The Labute approximate surface area is 53.7 Å². The number of hydrogen-bond acceptors (Lipinski definition) is 3. The van der Waals surface area contributed by atoms with Crippen LogP contribution in [0.4, 0.5) is 0 Å². The molecule has 1 rings (SSSR count). The topological polar surface area (TPSA) is 38.3 Å². The van der Waals surface area contributed by atoms with Gasteiger partial charge in [-0.2, -0.15) is 0 Å². The molecule has 9 heavy (non-hydrogen) atoms. The zero-order valence-corrected chi connectivity index (χ0v) is 5.09. The summed E-state index contributed by atoms with van der Waals surface area (Å²) in [6.07, 6.45) is 3.21. The Morgan fingerprint density at radius 3 is 3.22 bits per heavy atom. The van der Waals surface area contributed by atoms with Crippen molar-refractivity contribution in [2.24, 2.45) is 0 Å². The highest BCUT2D eigenvalue weighted by Crippen LogP contribution is 2.04. The van der Waals surface area contributed by atoms with Crippen molar-refractivity contribution in [2.75, 3.05) is 6.54 Å². The second kappa shape index (κ2) is 3.28. The molecule has 0 bridgehead atoms. The van der Waals surface area contributed by atoms with Crippen molar-refractivity contribution < 1.29 is 9.53 Å². The fraction of sp³-hybridized carbons (Fsp3) is 0.667. The monoisotopic (exact) mass is 127 g/mol. The van der Waals surface area contributed by atoms with E-state index in [-0.39, 0.29) is 6.23 Å². The van der Waals surface area contributed by atoms with Crippen molar-refractivity contribution in [2.45, 2.75) is 19.1 Å². The molecule has 0 saturated carbocycles. The van der Waals surface area contributed by atoms with Gasteiger partial charge in [0.05, 0.1) is 0 Å². The highest BCUT2D eigenvalue weighted by molar-refractivity contribution is 5.42. The number of ether oxygens (including phenoxy) is 1. The average molecular weight is 127 g/mol. The van der Waals surface area contributed by atoms with E-state index in [0.717, 1.165) is 25.6 Å². The Bertz CT molecular complexity index is 123. The van der Waals surface area contributed by atoms with Gasteiger partial charge in [-0.15, -0.1) is 0 Å². The summed E-state index contributed by atoms with van der Waals surface area (Å²) in [7, 11) is 0. The molecule has 0 aromatic rings. The highest BCUT2D eigenvalue weighted by atomic mass is 16.5. The Balaban J connectivity index is 2.18. The summed E-state index contributed by atoms with van der Waals surface area (Å²) < 4.78 is 4.89. The molecule has 3 nitrogen and oxygen atoms in total. The van der Waals surface area contributed by atoms with Crippen LogP contribution in [-0.2, 0) is 9.53 Å². The van der Waals surface area contributed by atoms with Gasteiger partial charge in [0.15, 0.2) is 12.2 Å². The summed E-state index contributed by atoms with van der Waals surface area (Å²) in [5, 5.41) is 3.06. The fourth-order valence-electron chi connectivity index (χ4n) is 0.879. The van der Waals surface area contributed by atoms with Crippen LogP contribution in [0.3, 0.4) is 0 Å². The second-order valence-corrected chi connectivity index (χ2v) is 1.96. The Hall–Kier alpha value is -0.790. The average Bonchev–Trinajstić information content (AvgIpc) is 2.34. The van der Waals surface area contributed by atoms with Crippen LogP contribution in [0.15, 0.2) is 6.26 Å². The molecule has 0 aromatic heterocycles. The van der Waals surface area contributed by atoms with Gasteiger partial charge >= 0.3 is 0 Å². The van der Waals surface area contributed by atoms with Crippen molar-refractivity contribution in [1.82, 2.24) is 5.32 Å². The number of carbonyl (C=O) groups excluding carboxylic acids is 1. The Kier molecular flexibility index (Phi) is 2.31. The first kappa shape index (κ1) is 6.33. The SMILES string of the molecule is O=C=COC1CCCN1. The van der Waals surface area contributed by atoms with E-state index >= 15 is 0 Å².